The van der Waals surface area contributed by atoms with Crippen molar-refractivity contribution in [1.29, 1.82) is 0 Å². The van der Waals surface area contributed by atoms with E-state index in [9.17, 15) is 9.90 Å². The molecule has 1 aliphatic heterocycles. The number of hydrogen-bond donors (Lipinski definition) is 1. The summed E-state index contributed by atoms with van der Waals surface area (Å²) < 4.78 is 0. The molecule has 0 aromatic heterocycles. The third kappa shape index (κ3) is 2.77. The summed E-state index contributed by atoms with van der Waals surface area (Å²) in [4.78, 5) is 13.7. The van der Waals surface area contributed by atoms with Crippen LogP contribution in [0.5, 0.6) is 0 Å². The van der Waals surface area contributed by atoms with Gasteiger partial charge < -0.3 is 10.0 Å². The van der Waals surface area contributed by atoms with E-state index in [-0.39, 0.29) is 5.92 Å². The lowest BCUT2D eigenvalue weighted by Crippen LogP contribution is -2.33. The highest BCUT2D eigenvalue weighted by Crippen LogP contribution is 2.36. The molecule has 1 atom stereocenters. The normalized spacial score (nSPS) is 17.4. The fraction of sp³-hybridized carbons (Fsp3) is 0.278. The molecule has 21 heavy (non-hydrogen) atoms. The third-order valence-corrected chi connectivity index (χ3v) is 4.09. The minimum atomic E-state index is -0.724. The molecule has 1 N–H and O–H groups in total. The van der Waals surface area contributed by atoms with Gasteiger partial charge in [-0.1, -0.05) is 48.0 Å². The first-order valence-electron chi connectivity index (χ1n) is 7.27. The van der Waals surface area contributed by atoms with E-state index in [4.69, 9.17) is 0 Å². The highest BCUT2D eigenvalue weighted by molar-refractivity contribution is 5.80. The molecule has 1 heterocycles. The number of anilines is 1. The van der Waals surface area contributed by atoms with E-state index in [0.29, 0.717) is 6.42 Å². The molecule has 1 aliphatic rings. The minimum absolute atomic E-state index is 0.380. The van der Waals surface area contributed by atoms with Crippen LogP contribution in [-0.4, -0.2) is 17.6 Å². The van der Waals surface area contributed by atoms with Crippen LogP contribution >= 0.6 is 0 Å². The second kappa shape index (κ2) is 5.60. The molecule has 0 saturated heterocycles. The lowest BCUT2D eigenvalue weighted by molar-refractivity contribution is -0.139. The number of aryl methyl sites for hydroxylation is 1. The molecule has 0 spiro atoms. The number of hydrogen-bond acceptors (Lipinski definition) is 2. The van der Waals surface area contributed by atoms with Gasteiger partial charge in [0, 0.05) is 18.8 Å². The number of rotatable bonds is 3. The van der Waals surface area contributed by atoms with Crippen LogP contribution in [0.15, 0.2) is 48.5 Å². The zero-order valence-corrected chi connectivity index (χ0v) is 12.1. The standard InChI is InChI=1S/C18H19NO2/c1-13-5-4-6-14(11-13)12-19-10-9-16(18(20)21)15-7-2-3-8-17(15)19/h2-8,11,16H,9-10,12H2,1H3,(H,20,21). The predicted octanol–water partition coefficient (Wildman–Crippen LogP) is 3.57. The van der Waals surface area contributed by atoms with Gasteiger partial charge in [-0.15, -0.1) is 0 Å². The van der Waals surface area contributed by atoms with Crippen molar-refractivity contribution in [3.63, 3.8) is 0 Å². The van der Waals surface area contributed by atoms with Crippen molar-refractivity contribution in [2.75, 3.05) is 11.4 Å². The zero-order chi connectivity index (χ0) is 14.8. The van der Waals surface area contributed by atoms with Gasteiger partial charge in [-0.2, -0.15) is 0 Å². The Morgan fingerprint density at radius 3 is 2.81 bits per heavy atom. The Morgan fingerprint density at radius 1 is 1.24 bits per heavy atom. The van der Waals surface area contributed by atoms with Crippen molar-refractivity contribution in [3.8, 4) is 0 Å². The summed E-state index contributed by atoms with van der Waals surface area (Å²) in [5.74, 6) is -1.10. The summed E-state index contributed by atoms with van der Waals surface area (Å²) in [6, 6.07) is 16.3. The van der Waals surface area contributed by atoms with Gasteiger partial charge in [-0.05, 0) is 30.5 Å². The van der Waals surface area contributed by atoms with E-state index in [1.165, 1.54) is 11.1 Å². The topological polar surface area (TPSA) is 40.5 Å². The van der Waals surface area contributed by atoms with E-state index in [1.807, 2.05) is 24.3 Å². The number of aliphatic carboxylic acids is 1. The van der Waals surface area contributed by atoms with Gasteiger partial charge in [-0.25, -0.2) is 0 Å². The molecule has 0 bridgehead atoms. The Kier molecular flexibility index (Phi) is 3.65. The highest BCUT2D eigenvalue weighted by atomic mass is 16.4. The average molecular weight is 281 g/mol. The average Bonchev–Trinajstić information content (AvgIpc) is 2.47. The summed E-state index contributed by atoms with van der Waals surface area (Å²) in [5, 5.41) is 9.38. The van der Waals surface area contributed by atoms with Crippen molar-refractivity contribution in [2.24, 2.45) is 0 Å². The number of para-hydroxylation sites is 1. The molecule has 2 aromatic rings. The van der Waals surface area contributed by atoms with Crippen molar-refractivity contribution >= 4 is 11.7 Å². The molecule has 3 heteroatoms. The van der Waals surface area contributed by atoms with Gasteiger partial charge in [0.1, 0.15) is 0 Å². The number of benzene rings is 2. The van der Waals surface area contributed by atoms with E-state index >= 15 is 0 Å². The van der Waals surface area contributed by atoms with Gasteiger partial charge in [0.25, 0.3) is 0 Å². The Bertz CT molecular complexity index is 666. The maximum Gasteiger partial charge on any atom is 0.311 e. The lowest BCUT2D eigenvalue weighted by Gasteiger charge is -2.34. The second-order valence-electron chi connectivity index (χ2n) is 5.65. The molecule has 0 amide bonds. The van der Waals surface area contributed by atoms with Crippen LogP contribution in [0.25, 0.3) is 0 Å². The van der Waals surface area contributed by atoms with Crippen molar-refractivity contribution in [2.45, 2.75) is 25.8 Å². The van der Waals surface area contributed by atoms with Crippen molar-refractivity contribution in [3.05, 3.63) is 65.2 Å². The summed E-state index contributed by atoms with van der Waals surface area (Å²) in [5.41, 5.74) is 4.50. The van der Waals surface area contributed by atoms with E-state index in [1.54, 1.807) is 0 Å². The molecule has 0 radical (unpaired) electrons. The zero-order valence-electron chi connectivity index (χ0n) is 12.1. The first kappa shape index (κ1) is 13.7. The van der Waals surface area contributed by atoms with Crippen molar-refractivity contribution in [1.82, 2.24) is 0 Å². The number of carbonyl (C=O) groups is 1. The lowest BCUT2D eigenvalue weighted by atomic mass is 9.89. The van der Waals surface area contributed by atoms with Gasteiger partial charge in [0.15, 0.2) is 0 Å². The molecule has 2 aromatic carbocycles. The van der Waals surface area contributed by atoms with Gasteiger partial charge in [-0.3, -0.25) is 4.79 Å². The summed E-state index contributed by atoms with van der Waals surface area (Å²) in [6.07, 6.45) is 0.665. The van der Waals surface area contributed by atoms with E-state index < -0.39 is 5.97 Å². The second-order valence-corrected chi connectivity index (χ2v) is 5.65. The molecule has 0 saturated carbocycles. The molecule has 1 unspecified atom stereocenters. The van der Waals surface area contributed by atoms with Crippen LogP contribution in [-0.2, 0) is 11.3 Å². The quantitative estimate of drug-likeness (QED) is 0.935. The van der Waals surface area contributed by atoms with E-state index in [0.717, 1.165) is 24.3 Å². The maximum atomic E-state index is 11.4. The van der Waals surface area contributed by atoms with Crippen molar-refractivity contribution < 1.29 is 9.90 Å². The molecular weight excluding hydrogens is 262 g/mol. The van der Waals surface area contributed by atoms with Gasteiger partial charge in [0.2, 0.25) is 0 Å². The molecule has 3 nitrogen and oxygen atoms in total. The Hall–Kier alpha value is -2.29. The fourth-order valence-corrected chi connectivity index (χ4v) is 3.08. The van der Waals surface area contributed by atoms with Crippen LogP contribution in [0.4, 0.5) is 5.69 Å². The smallest absolute Gasteiger partial charge is 0.311 e. The number of nitrogens with zero attached hydrogens (tertiary/aromatic N) is 1. The Labute approximate surface area is 124 Å². The predicted molar refractivity (Wildman–Crippen MR) is 83.7 cm³/mol. The van der Waals surface area contributed by atoms with Crippen LogP contribution in [0.3, 0.4) is 0 Å². The molecule has 3 rings (SSSR count). The minimum Gasteiger partial charge on any atom is -0.481 e. The first-order valence-corrected chi connectivity index (χ1v) is 7.27. The summed E-state index contributed by atoms with van der Waals surface area (Å²) in [7, 11) is 0. The SMILES string of the molecule is Cc1cccc(CN2CCC(C(=O)O)c3ccccc32)c1. The molecule has 0 fully saturated rings. The van der Waals surface area contributed by atoms with Gasteiger partial charge in [0.05, 0.1) is 5.92 Å². The maximum absolute atomic E-state index is 11.4. The Balaban J connectivity index is 1.91. The highest BCUT2D eigenvalue weighted by Gasteiger charge is 2.29. The van der Waals surface area contributed by atoms with Crippen LogP contribution < -0.4 is 4.90 Å². The third-order valence-electron chi connectivity index (χ3n) is 4.09. The number of fused-ring (bicyclic) bond motifs is 1. The molecule has 0 aliphatic carbocycles. The number of carboxylic acids is 1. The molecule has 108 valence electrons. The molecular formula is C18H19NO2. The number of carboxylic acid groups (broad SMARTS) is 1. The van der Waals surface area contributed by atoms with Crippen LogP contribution in [0, 0.1) is 6.92 Å². The first-order chi connectivity index (χ1) is 10.1. The summed E-state index contributed by atoms with van der Waals surface area (Å²) >= 11 is 0. The van der Waals surface area contributed by atoms with Gasteiger partial charge >= 0.3 is 5.97 Å². The monoisotopic (exact) mass is 281 g/mol. The fourth-order valence-electron chi connectivity index (χ4n) is 3.08. The Morgan fingerprint density at radius 2 is 2.05 bits per heavy atom. The van der Waals surface area contributed by atoms with Crippen LogP contribution in [0.2, 0.25) is 0 Å². The van der Waals surface area contributed by atoms with E-state index in [2.05, 4.69) is 36.1 Å². The largest absolute Gasteiger partial charge is 0.481 e. The van der Waals surface area contributed by atoms with Crippen LogP contribution in [0.1, 0.15) is 29.0 Å². The summed E-state index contributed by atoms with van der Waals surface area (Å²) in [6.45, 7) is 3.70.